The van der Waals surface area contributed by atoms with E-state index in [1.807, 2.05) is 19.9 Å². The highest BCUT2D eigenvalue weighted by molar-refractivity contribution is 5.19. The molecule has 114 valence electrons. The highest BCUT2D eigenvalue weighted by Crippen LogP contribution is 2.34. The molecule has 21 heavy (non-hydrogen) atoms. The van der Waals surface area contributed by atoms with Crippen LogP contribution in [0.15, 0.2) is 42.7 Å². The monoisotopic (exact) mass is 298 g/mol. The molecule has 1 heterocycles. The molecule has 2 atom stereocenters. The Morgan fingerprint density at radius 3 is 2.24 bits per heavy atom. The van der Waals surface area contributed by atoms with Crippen molar-refractivity contribution in [2.75, 3.05) is 0 Å². The molecule has 0 spiro atoms. The first-order valence-electron chi connectivity index (χ1n) is 6.65. The topological polar surface area (TPSA) is 38.0 Å². The van der Waals surface area contributed by atoms with Crippen LogP contribution in [-0.4, -0.2) is 14.9 Å². The second-order valence-corrected chi connectivity index (χ2v) is 5.30. The standard InChI is InChI=1S/C15H17F3N2O/c1-10(2)13(14(21)11-6-4-3-5-7-11)20-9-12(8-19-20)15(16,17)18/h3-10,13-14,21H,1-2H3. The molecule has 2 aromatic rings. The molecule has 0 radical (unpaired) electrons. The summed E-state index contributed by atoms with van der Waals surface area (Å²) in [6.45, 7) is 3.68. The van der Waals surface area contributed by atoms with Crippen LogP contribution in [0.3, 0.4) is 0 Å². The summed E-state index contributed by atoms with van der Waals surface area (Å²) in [4.78, 5) is 0. The quantitative estimate of drug-likeness (QED) is 0.931. The fraction of sp³-hybridized carbons (Fsp3) is 0.400. The summed E-state index contributed by atoms with van der Waals surface area (Å²) in [6.07, 6.45) is -3.63. The summed E-state index contributed by atoms with van der Waals surface area (Å²) in [5.41, 5.74) is -0.159. The first-order chi connectivity index (χ1) is 9.80. The summed E-state index contributed by atoms with van der Waals surface area (Å²) in [5.74, 6) is -0.0822. The SMILES string of the molecule is CC(C)C(C(O)c1ccccc1)n1cc(C(F)(F)F)cn1. The van der Waals surface area contributed by atoms with E-state index >= 15 is 0 Å². The van der Waals surface area contributed by atoms with Gasteiger partial charge in [-0.2, -0.15) is 18.3 Å². The van der Waals surface area contributed by atoms with Crippen molar-refractivity contribution >= 4 is 0 Å². The summed E-state index contributed by atoms with van der Waals surface area (Å²) < 4.78 is 39.2. The molecular weight excluding hydrogens is 281 g/mol. The predicted octanol–water partition coefficient (Wildman–Crippen LogP) is 3.83. The minimum atomic E-state index is -4.43. The van der Waals surface area contributed by atoms with E-state index in [-0.39, 0.29) is 5.92 Å². The van der Waals surface area contributed by atoms with Crippen molar-refractivity contribution in [3.63, 3.8) is 0 Å². The molecular formula is C15H17F3N2O. The molecule has 0 saturated heterocycles. The van der Waals surface area contributed by atoms with Gasteiger partial charge in [-0.3, -0.25) is 4.68 Å². The molecule has 3 nitrogen and oxygen atoms in total. The molecule has 0 bridgehead atoms. The molecule has 0 saturated carbocycles. The van der Waals surface area contributed by atoms with E-state index < -0.39 is 23.9 Å². The van der Waals surface area contributed by atoms with Gasteiger partial charge in [0, 0.05) is 6.20 Å². The highest BCUT2D eigenvalue weighted by atomic mass is 19.4. The Labute approximate surface area is 121 Å². The second kappa shape index (κ2) is 5.89. The lowest BCUT2D eigenvalue weighted by Crippen LogP contribution is -2.23. The van der Waals surface area contributed by atoms with Gasteiger partial charge in [0.2, 0.25) is 0 Å². The Kier molecular flexibility index (Phi) is 4.37. The van der Waals surface area contributed by atoms with Crippen LogP contribution in [0.5, 0.6) is 0 Å². The van der Waals surface area contributed by atoms with Crippen molar-refractivity contribution in [3.8, 4) is 0 Å². The maximum Gasteiger partial charge on any atom is 0.419 e. The number of hydrogen-bond acceptors (Lipinski definition) is 2. The van der Waals surface area contributed by atoms with Crippen molar-refractivity contribution in [3.05, 3.63) is 53.9 Å². The predicted molar refractivity (Wildman–Crippen MR) is 72.5 cm³/mol. The molecule has 1 aromatic carbocycles. The van der Waals surface area contributed by atoms with Crippen LogP contribution >= 0.6 is 0 Å². The zero-order chi connectivity index (χ0) is 15.6. The minimum absolute atomic E-state index is 0.0822. The third kappa shape index (κ3) is 3.44. The van der Waals surface area contributed by atoms with Gasteiger partial charge in [0.15, 0.2) is 0 Å². The minimum Gasteiger partial charge on any atom is -0.386 e. The zero-order valence-corrected chi connectivity index (χ0v) is 11.7. The van der Waals surface area contributed by atoms with E-state index in [4.69, 9.17) is 0 Å². The summed E-state index contributed by atoms with van der Waals surface area (Å²) >= 11 is 0. The van der Waals surface area contributed by atoms with Gasteiger partial charge in [-0.1, -0.05) is 44.2 Å². The molecule has 0 aliphatic rings. The molecule has 2 rings (SSSR count). The highest BCUT2D eigenvalue weighted by Gasteiger charge is 2.34. The van der Waals surface area contributed by atoms with E-state index in [0.29, 0.717) is 5.56 Å². The summed E-state index contributed by atoms with van der Waals surface area (Å²) in [5, 5.41) is 14.3. The van der Waals surface area contributed by atoms with Crippen LogP contribution in [0.25, 0.3) is 0 Å². The van der Waals surface area contributed by atoms with E-state index in [1.54, 1.807) is 24.3 Å². The van der Waals surface area contributed by atoms with E-state index in [9.17, 15) is 18.3 Å². The number of benzene rings is 1. The first-order valence-corrected chi connectivity index (χ1v) is 6.65. The molecule has 6 heteroatoms. The van der Waals surface area contributed by atoms with Crippen molar-refractivity contribution in [1.29, 1.82) is 0 Å². The molecule has 0 aliphatic carbocycles. The van der Waals surface area contributed by atoms with Crippen LogP contribution in [0, 0.1) is 5.92 Å². The smallest absolute Gasteiger partial charge is 0.386 e. The number of halogens is 3. The number of aliphatic hydroxyl groups excluding tert-OH is 1. The molecule has 1 aromatic heterocycles. The van der Waals surface area contributed by atoms with Crippen molar-refractivity contribution in [2.45, 2.75) is 32.2 Å². The van der Waals surface area contributed by atoms with Crippen LogP contribution in [-0.2, 0) is 6.18 Å². The molecule has 0 amide bonds. The van der Waals surface area contributed by atoms with Crippen LogP contribution in [0.2, 0.25) is 0 Å². The van der Waals surface area contributed by atoms with E-state index in [2.05, 4.69) is 5.10 Å². The second-order valence-electron chi connectivity index (χ2n) is 5.30. The fourth-order valence-corrected chi connectivity index (χ4v) is 2.31. The van der Waals surface area contributed by atoms with Gasteiger partial charge < -0.3 is 5.11 Å². The average molecular weight is 298 g/mol. The largest absolute Gasteiger partial charge is 0.419 e. The van der Waals surface area contributed by atoms with Gasteiger partial charge in [0.25, 0.3) is 0 Å². The Morgan fingerprint density at radius 1 is 1.14 bits per heavy atom. The van der Waals surface area contributed by atoms with Crippen molar-refractivity contribution in [2.24, 2.45) is 5.92 Å². The van der Waals surface area contributed by atoms with Crippen LogP contribution in [0.4, 0.5) is 13.2 Å². The number of rotatable bonds is 4. The Balaban J connectivity index is 2.34. The maximum absolute atomic E-state index is 12.7. The van der Waals surface area contributed by atoms with Gasteiger partial charge in [-0.05, 0) is 11.5 Å². The first kappa shape index (κ1) is 15.6. The number of aliphatic hydroxyl groups is 1. The Morgan fingerprint density at radius 2 is 1.76 bits per heavy atom. The van der Waals surface area contributed by atoms with Crippen molar-refractivity contribution in [1.82, 2.24) is 9.78 Å². The molecule has 0 aliphatic heterocycles. The molecule has 1 N–H and O–H groups in total. The lowest BCUT2D eigenvalue weighted by atomic mass is 9.93. The lowest BCUT2D eigenvalue weighted by molar-refractivity contribution is -0.137. The van der Waals surface area contributed by atoms with Crippen molar-refractivity contribution < 1.29 is 18.3 Å². The summed E-state index contributed by atoms with van der Waals surface area (Å²) in [6, 6.07) is 8.29. The number of nitrogens with zero attached hydrogens (tertiary/aromatic N) is 2. The average Bonchev–Trinajstić information content (AvgIpc) is 2.89. The van der Waals surface area contributed by atoms with Gasteiger partial charge in [0.05, 0.1) is 17.8 Å². The van der Waals surface area contributed by atoms with Gasteiger partial charge in [0.1, 0.15) is 6.10 Å². The molecule has 0 fully saturated rings. The Bertz CT molecular complexity index is 578. The summed E-state index contributed by atoms with van der Waals surface area (Å²) in [7, 11) is 0. The normalized spacial score (nSPS) is 15.2. The lowest BCUT2D eigenvalue weighted by Gasteiger charge is -2.27. The van der Waals surface area contributed by atoms with Crippen LogP contribution < -0.4 is 0 Å². The third-order valence-corrected chi connectivity index (χ3v) is 3.38. The number of hydrogen-bond donors (Lipinski definition) is 1. The zero-order valence-electron chi connectivity index (χ0n) is 11.7. The van der Waals surface area contributed by atoms with Crippen LogP contribution in [0.1, 0.15) is 37.1 Å². The number of aromatic nitrogens is 2. The van der Waals surface area contributed by atoms with E-state index in [1.165, 1.54) is 4.68 Å². The van der Waals surface area contributed by atoms with Gasteiger partial charge in [-0.25, -0.2) is 0 Å². The van der Waals surface area contributed by atoms with Gasteiger partial charge >= 0.3 is 6.18 Å². The van der Waals surface area contributed by atoms with E-state index in [0.717, 1.165) is 12.4 Å². The maximum atomic E-state index is 12.7. The Hall–Kier alpha value is -1.82. The third-order valence-electron chi connectivity index (χ3n) is 3.38. The van der Waals surface area contributed by atoms with Gasteiger partial charge in [-0.15, -0.1) is 0 Å². The fourth-order valence-electron chi connectivity index (χ4n) is 2.31. The number of alkyl halides is 3. The molecule has 2 unspecified atom stereocenters.